The largest absolute Gasteiger partial charge is 0.478 e. The molecule has 1 aliphatic heterocycles. The number of benzene rings is 1. The predicted octanol–water partition coefficient (Wildman–Crippen LogP) is 2.47. The fourth-order valence-corrected chi connectivity index (χ4v) is 2.95. The number of anilines is 1. The van der Waals surface area contributed by atoms with Gasteiger partial charge in [-0.3, -0.25) is 9.59 Å². The second-order valence-corrected chi connectivity index (χ2v) is 6.34. The number of carbonyl (C=O) groups is 3. The van der Waals surface area contributed by atoms with Gasteiger partial charge >= 0.3 is 5.97 Å². The number of rotatable bonds is 4. The van der Waals surface area contributed by atoms with E-state index in [1.54, 1.807) is 19.1 Å². The van der Waals surface area contributed by atoms with E-state index in [9.17, 15) is 14.4 Å². The number of aryl methyl sites for hydroxylation is 1. The van der Waals surface area contributed by atoms with Crippen molar-refractivity contribution >= 4 is 46.7 Å². The number of amides is 2. The van der Waals surface area contributed by atoms with Crippen LogP contribution in [0.1, 0.15) is 26.5 Å². The molecule has 3 rings (SSSR count). The molecule has 1 aliphatic rings. The minimum atomic E-state index is -1.08. The molecule has 0 radical (unpaired) electrons. The van der Waals surface area contributed by atoms with Crippen LogP contribution in [0.4, 0.5) is 5.69 Å². The number of aromatic carboxylic acids is 1. The quantitative estimate of drug-likeness (QED) is 0.707. The van der Waals surface area contributed by atoms with Gasteiger partial charge in [0.2, 0.25) is 0 Å². The van der Waals surface area contributed by atoms with Crippen LogP contribution in [0.3, 0.4) is 0 Å². The van der Waals surface area contributed by atoms with Crippen LogP contribution < -0.4 is 10.2 Å². The van der Waals surface area contributed by atoms with Crippen LogP contribution in [0.15, 0.2) is 24.3 Å². The van der Waals surface area contributed by atoms with Gasteiger partial charge in [0.1, 0.15) is 11.7 Å². The van der Waals surface area contributed by atoms with E-state index in [-0.39, 0.29) is 33.8 Å². The zero-order valence-corrected chi connectivity index (χ0v) is 14.5. The second-order valence-electron chi connectivity index (χ2n) is 5.58. The zero-order valence-electron chi connectivity index (χ0n) is 13.0. The first-order valence-corrected chi connectivity index (χ1v) is 8.04. The third kappa shape index (κ3) is 3.08. The molecule has 0 spiro atoms. The van der Waals surface area contributed by atoms with Crippen molar-refractivity contribution < 1.29 is 19.5 Å². The standard InChI is InChI=1S/C16H13Cl2N3O4/c1-7-11(17)12(18)13(19-7)14(22)20-10-6-21(15(10)23)9-4-2-3-8(5-9)16(24)25/h2-5,10,19H,6H2,1H3,(H,20,22)(H,24,25). The molecule has 1 aromatic carbocycles. The van der Waals surface area contributed by atoms with Gasteiger partial charge in [-0.05, 0) is 25.1 Å². The topological polar surface area (TPSA) is 102 Å². The molecule has 0 saturated carbocycles. The Morgan fingerprint density at radius 2 is 2.04 bits per heavy atom. The molecule has 9 heteroatoms. The summed E-state index contributed by atoms with van der Waals surface area (Å²) in [4.78, 5) is 39.7. The highest BCUT2D eigenvalue weighted by molar-refractivity contribution is 6.44. The molecule has 3 N–H and O–H groups in total. The Labute approximate surface area is 152 Å². The fraction of sp³-hybridized carbons (Fsp3) is 0.188. The Hall–Kier alpha value is -2.51. The summed E-state index contributed by atoms with van der Waals surface area (Å²) in [6, 6.07) is 5.33. The summed E-state index contributed by atoms with van der Waals surface area (Å²) in [5.41, 5.74) is 1.21. The highest BCUT2D eigenvalue weighted by atomic mass is 35.5. The molecular formula is C16H13Cl2N3O4. The SMILES string of the molecule is Cc1[nH]c(C(=O)NC2CN(c3cccc(C(=O)O)c3)C2=O)c(Cl)c1Cl. The molecule has 130 valence electrons. The van der Waals surface area contributed by atoms with Gasteiger partial charge in [0.05, 0.1) is 22.2 Å². The highest BCUT2D eigenvalue weighted by Crippen LogP contribution is 2.29. The van der Waals surface area contributed by atoms with E-state index in [0.717, 1.165) is 0 Å². The van der Waals surface area contributed by atoms with Crippen molar-refractivity contribution in [2.45, 2.75) is 13.0 Å². The lowest BCUT2D eigenvalue weighted by Crippen LogP contribution is -2.64. The zero-order chi connectivity index (χ0) is 18.3. The van der Waals surface area contributed by atoms with Crippen LogP contribution in [0, 0.1) is 6.92 Å². The van der Waals surface area contributed by atoms with Gasteiger partial charge in [-0.2, -0.15) is 0 Å². The number of aromatic nitrogens is 1. The molecule has 2 heterocycles. The number of hydrogen-bond acceptors (Lipinski definition) is 3. The molecule has 0 aliphatic carbocycles. The smallest absolute Gasteiger partial charge is 0.335 e. The first-order valence-electron chi connectivity index (χ1n) is 7.28. The molecule has 1 atom stereocenters. The highest BCUT2D eigenvalue weighted by Gasteiger charge is 2.39. The number of hydrogen-bond donors (Lipinski definition) is 3. The summed E-state index contributed by atoms with van der Waals surface area (Å²) in [5, 5.41) is 12.0. The molecule has 1 fully saturated rings. The number of carboxylic acids is 1. The average Bonchev–Trinajstić information content (AvgIpc) is 2.85. The van der Waals surface area contributed by atoms with Crippen molar-refractivity contribution in [3.63, 3.8) is 0 Å². The number of carbonyl (C=O) groups excluding carboxylic acids is 2. The molecule has 2 amide bonds. The molecule has 0 bridgehead atoms. The normalized spacial score (nSPS) is 16.5. The summed E-state index contributed by atoms with van der Waals surface area (Å²) in [7, 11) is 0. The van der Waals surface area contributed by atoms with Crippen LogP contribution >= 0.6 is 23.2 Å². The number of nitrogens with one attached hydrogen (secondary N) is 2. The molecule has 25 heavy (non-hydrogen) atoms. The summed E-state index contributed by atoms with van der Waals surface area (Å²) in [6.45, 7) is 1.91. The van der Waals surface area contributed by atoms with E-state index in [1.807, 2.05) is 0 Å². The van der Waals surface area contributed by atoms with Gasteiger partial charge in [0, 0.05) is 11.4 Å². The van der Waals surface area contributed by atoms with Crippen molar-refractivity contribution in [1.29, 1.82) is 0 Å². The van der Waals surface area contributed by atoms with Crippen molar-refractivity contribution in [1.82, 2.24) is 10.3 Å². The number of carboxylic acid groups (broad SMARTS) is 1. The van der Waals surface area contributed by atoms with Gasteiger partial charge in [-0.1, -0.05) is 29.3 Å². The molecule has 7 nitrogen and oxygen atoms in total. The van der Waals surface area contributed by atoms with Gasteiger partial charge in [0.25, 0.3) is 11.8 Å². The maximum absolute atomic E-state index is 12.3. The summed E-state index contributed by atoms with van der Waals surface area (Å²) >= 11 is 11.9. The summed E-state index contributed by atoms with van der Waals surface area (Å²) in [6.07, 6.45) is 0. The van der Waals surface area contributed by atoms with Crippen molar-refractivity contribution in [2.24, 2.45) is 0 Å². The Bertz CT molecular complexity index is 894. The van der Waals surface area contributed by atoms with Crippen molar-refractivity contribution in [3.05, 3.63) is 51.3 Å². The van der Waals surface area contributed by atoms with E-state index >= 15 is 0 Å². The van der Waals surface area contributed by atoms with Gasteiger partial charge in [-0.15, -0.1) is 0 Å². The molecule has 1 aromatic heterocycles. The summed E-state index contributed by atoms with van der Waals surface area (Å²) in [5.74, 6) is -1.94. The van der Waals surface area contributed by atoms with E-state index in [0.29, 0.717) is 11.4 Å². The van der Waals surface area contributed by atoms with E-state index in [4.69, 9.17) is 28.3 Å². The van der Waals surface area contributed by atoms with Crippen LogP contribution in [0.25, 0.3) is 0 Å². The van der Waals surface area contributed by atoms with E-state index in [1.165, 1.54) is 17.0 Å². The monoisotopic (exact) mass is 381 g/mol. The summed E-state index contributed by atoms with van der Waals surface area (Å²) < 4.78 is 0. The first-order chi connectivity index (χ1) is 11.8. The predicted molar refractivity (Wildman–Crippen MR) is 92.6 cm³/mol. The first kappa shape index (κ1) is 17.3. The number of aromatic amines is 1. The maximum Gasteiger partial charge on any atom is 0.335 e. The Morgan fingerprint density at radius 1 is 1.32 bits per heavy atom. The molecule has 1 unspecified atom stereocenters. The van der Waals surface area contributed by atoms with Crippen LogP contribution in [-0.2, 0) is 4.79 Å². The molecule has 2 aromatic rings. The lowest BCUT2D eigenvalue weighted by Gasteiger charge is -2.38. The number of nitrogens with zero attached hydrogens (tertiary/aromatic N) is 1. The lowest BCUT2D eigenvalue weighted by atomic mass is 10.0. The van der Waals surface area contributed by atoms with Crippen LogP contribution in [0.2, 0.25) is 10.0 Å². The Kier molecular flexibility index (Phi) is 4.45. The second kappa shape index (κ2) is 6.42. The van der Waals surface area contributed by atoms with Crippen LogP contribution in [0.5, 0.6) is 0 Å². The van der Waals surface area contributed by atoms with Gasteiger partial charge in [-0.25, -0.2) is 4.79 Å². The Morgan fingerprint density at radius 3 is 2.60 bits per heavy atom. The number of H-pyrrole nitrogens is 1. The van der Waals surface area contributed by atoms with Crippen LogP contribution in [-0.4, -0.2) is 40.5 Å². The third-order valence-electron chi connectivity index (χ3n) is 3.92. The number of halogens is 2. The lowest BCUT2D eigenvalue weighted by molar-refractivity contribution is -0.124. The number of β-lactam (4-membered cyclic amide) rings is 1. The van der Waals surface area contributed by atoms with E-state index in [2.05, 4.69) is 10.3 Å². The van der Waals surface area contributed by atoms with Gasteiger partial charge in [0.15, 0.2) is 0 Å². The maximum atomic E-state index is 12.3. The molecule has 1 saturated heterocycles. The van der Waals surface area contributed by atoms with Crippen molar-refractivity contribution in [2.75, 3.05) is 11.4 Å². The third-order valence-corrected chi connectivity index (χ3v) is 4.87. The van der Waals surface area contributed by atoms with E-state index < -0.39 is 17.9 Å². The average molecular weight is 382 g/mol. The Balaban J connectivity index is 1.69. The molecular weight excluding hydrogens is 369 g/mol. The van der Waals surface area contributed by atoms with Crippen molar-refractivity contribution in [3.8, 4) is 0 Å². The minimum Gasteiger partial charge on any atom is -0.478 e. The fourth-order valence-electron chi connectivity index (χ4n) is 2.53. The van der Waals surface area contributed by atoms with Gasteiger partial charge < -0.3 is 20.3 Å². The minimum absolute atomic E-state index is 0.0843.